The molecular weight excluding hydrogens is 220 g/mol. The van der Waals surface area contributed by atoms with Crippen LogP contribution in [0.2, 0.25) is 0 Å². The van der Waals surface area contributed by atoms with E-state index in [0.717, 1.165) is 6.42 Å². The van der Waals surface area contributed by atoms with Crippen LogP contribution in [0, 0.1) is 0 Å². The summed E-state index contributed by atoms with van der Waals surface area (Å²) in [5.74, 6) is -0.0515. The van der Waals surface area contributed by atoms with Crippen molar-refractivity contribution in [3.63, 3.8) is 0 Å². The lowest BCUT2D eigenvalue weighted by Crippen LogP contribution is -2.42. The third kappa shape index (κ3) is 8.50. The van der Waals surface area contributed by atoms with Crippen LogP contribution in [0.5, 0.6) is 0 Å². The summed E-state index contributed by atoms with van der Waals surface area (Å²) in [7, 11) is 3.34. The number of carbonyl (C=O) groups excluding carboxylic acids is 2. The SMILES string of the molecule is CCC(C)NCC(=O)NCCNC(=O)N(C)C. The van der Waals surface area contributed by atoms with E-state index >= 15 is 0 Å². The van der Waals surface area contributed by atoms with Crippen LogP contribution in [0.1, 0.15) is 20.3 Å². The predicted octanol–water partition coefficient (Wildman–Crippen LogP) is -0.238. The van der Waals surface area contributed by atoms with E-state index in [-0.39, 0.29) is 11.9 Å². The molecule has 0 aliphatic carbocycles. The van der Waals surface area contributed by atoms with E-state index in [0.29, 0.717) is 25.7 Å². The molecule has 3 N–H and O–H groups in total. The second-order valence-corrected chi connectivity index (χ2v) is 4.17. The highest BCUT2D eigenvalue weighted by Gasteiger charge is 2.04. The van der Waals surface area contributed by atoms with Crippen molar-refractivity contribution >= 4 is 11.9 Å². The van der Waals surface area contributed by atoms with E-state index < -0.39 is 0 Å². The Bertz CT molecular complexity index is 244. The smallest absolute Gasteiger partial charge is 0.316 e. The van der Waals surface area contributed by atoms with Gasteiger partial charge in [0.25, 0.3) is 0 Å². The normalized spacial score (nSPS) is 11.8. The minimum Gasteiger partial charge on any atom is -0.353 e. The molecule has 0 aromatic rings. The van der Waals surface area contributed by atoms with Crippen molar-refractivity contribution in [2.24, 2.45) is 0 Å². The molecule has 0 fully saturated rings. The Morgan fingerprint density at radius 3 is 2.29 bits per heavy atom. The van der Waals surface area contributed by atoms with Crippen LogP contribution in [0.4, 0.5) is 4.79 Å². The molecule has 0 spiro atoms. The molecule has 0 aromatic carbocycles. The lowest BCUT2D eigenvalue weighted by atomic mass is 10.2. The zero-order valence-electron chi connectivity index (χ0n) is 11.2. The first kappa shape index (κ1) is 15.7. The van der Waals surface area contributed by atoms with Gasteiger partial charge in [0.1, 0.15) is 0 Å². The molecule has 6 heteroatoms. The highest BCUT2D eigenvalue weighted by molar-refractivity contribution is 5.78. The molecule has 0 aromatic heterocycles. The number of nitrogens with one attached hydrogen (secondary N) is 3. The van der Waals surface area contributed by atoms with Crippen LogP contribution in [0.25, 0.3) is 0 Å². The number of carbonyl (C=O) groups is 2. The second kappa shape index (κ2) is 8.81. The Morgan fingerprint density at radius 2 is 1.76 bits per heavy atom. The quantitative estimate of drug-likeness (QED) is 0.541. The van der Waals surface area contributed by atoms with Gasteiger partial charge in [0.15, 0.2) is 0 Å². The molecule has 0 bridgehead atoms. The van der Waals surface area contributed by atoms with Gasteiger partial charge >= 0.3 is 6.03 Å². The van der Waals surface area contributed by atoms with Gasteiger partial charge in [-0.1, -0.05) is 6.92 Å². The van der Waals surface area contributed by atoms with Crippen molar-refractivity contribution in [3.8, 4) is 0 Å². The van der Waals surface area contributed by atoms with Crippen LogP contribution in [0.15, 0.2) is 0 Å². The van der Waals surface area contributed by atoms with Crippen LogP contribution in [-0.2, 0) is 4.79 Å². The highest BCUT2D eigenvalue weighted by Crippen LogP contribution is 1.85. The van der Waals surface area contributed by atoms with Crippen molar-refractivity contribution in [2.45, 2.75) is 26.3 Å². The van der Waals surface area contributed by atoms with Gasteiger partial charge in [-0.2, -0.15) is 0 Å². The summed E-state index contributed by atoms with van der Waals surface area (Å²) in [6, 6.07) is 0.186. The fourth-order valence-electron chi connectivity index (χ4n) is 1.00. The molecule has 0 heterocycles. The molecule has 100 valence electrons. The van der Waals surface area contributed by atoms with Gasteiger partial charge in [-0.15, -0.1) is 0 Å². The zero-order chi connectivity index (χ0) is 13.3. The summed E-state index contributed by atoms with van der Waals surface area (Å²) in [5.41, 5.74) is 0. The molecule has 1 atom stereocenters. The third-order valence-electron chi connectivity index (χ3n) is 2.35. The number of nitrogens with zero attached hydrogens (tertiary/aromatic N) is 1. The fraction of sp³-hybridized carbons (Fsp3) is 0.818. The number of amides is 3. The maximum absolute atomic E-state index is 11.3. The van der Waals surface area contributed by atoms with Gasteiger partial charge in [-0.05, 0) is 13.3 Å². The van der Waals surface area contributed by atoms with Gasteiger partial charge in [-0.3, -0.25) is 4.79 Å². The Kier molecular flexibility index (Phi) is 8.13. The van der Waals surface area contributed by atoms with Crippen molar-refractivity contribution in [2.75, 3.05) is 33.7 Å². The molecule has 17 heavy (non-hydrogen) atoms. The molecule has 0 saturated heterocycles. The molecule has 6 nitrogen and oxygen atoms in total. The molecule has 0 aliphatic rings. The Hall–Kier alpha value is -1.30. The molecule has 0 aliphatic heterocycles. The minimum absolute atomic E-state index is 0.0515. The molecule has 0 saturated carbocycles. The summed E-state index contributed by atoms with van der Waals surface area (Å²) < 4.78 is 0. The molecule has 3 amide bonds. The predicted molar refractivity (Wildman–Crippen MR) is 67.9 cm³/mol. The number of hydrogen-bond donors (Lipinski definition) is 3. The maximum Gasteiger partial charge on any atom is 0.316 e. The van der Waals surface area contributed by atoms with Crippen molar-refractivity contribution in [1.82, 2.24) is 20.9 Å². The van der Waals surface area contributed by atoms with Crippen molar-refractivity contribution in [1.29, 1.82) is 0 Å². The summed E-state index contributed by atoms with van der Waals surface area (Å²) in [6.07, 6.45) is 0.992. The first-order valence-corrected chi connectivity index (χ1v) is 5.92. The van der Waals surface area contributed by atoms with Crippen LogP contribution >= 0.6 is 0 Å². The maximum atomic E-state index is 11.3. The summed E-state index contributed by atoms with van der Waals surface area (Å²) in [6.45, 7) is 5.29. The standard InChI is InChI=1S/C11H24N4O2/c1-5-9(2)14-8-10(16)12-6-7-13-11(17)15(3)4/h9,14H,5-8H2,1-4H3,(H,12,16)(H,13,17). The topological polar surface area (TPSA) is 73.5 Å². The minimum atomic E-state index is -0.156. The first-order valence-electron chi connectivity index (χ1n) is 5.92. The highest BCUT2D eigenvalue weighted by atomic mass is 16.2. The zero-order valence-corrected chi connectivity index (χ0v) is 11.2. The summed E-state index contributed by atoms with van der Waals surface area (Å²) in [5, 5.41) is 8.48. The summed E-state index contributed by atoms with van der Waals surface area (Å²) >= 11 is 0. The van der Waals surface area contributed by atoms with Crippen molar-refractivity contribution < 1.29 is 9.59 Å². The summed E-state index contributed by atoms with van der Waals surface area (Å²) in [4.78, 5) is 23.9. The van der Waals surface area contributed by atoms with Crippen LogP contribution in [0.3, 0.4) is 0 Å². The lowest BCUT2D eigenvalue weighted by Gasteiger charge is -2.13. The van der Waals surface area contributed by atoms with E-state index in [1.54, 1.807) is 14.1 Å². The molecule has 0 radical (unpaired) electrons. The van der Waals surface area contributed by atoms with Gasteiger partial charge in [0.05, 0.1) is 6.54 Å². The van der Waals surface area contributed by atoms with Crippen LogP contribution in [-0.4, -0.2) is 56.6 Å². The van der Waals surface area contributed by atoms with Gasteiger partial charge < -0.3 is 20.9 Å². The fourth-order valence-corrected chi connectivity index (χ4v) is 1.00. The largest absolute Gasteiger partial charge is 0.353 e. The lowest BCUT2D eigenvalue weighted by molar-refractivity contribution is -0.120. The number of rotatable bonds is 7. The van der Waals surface area contributed by atoms with Gasteiger partial charge in [0, 0.05) is 33.2 Å². The number of hydrogen-bond acceptors (Lipinski definition) is 3. The van der Waals surface area contributed by atoms with Gasteiger partial charge in [0.2, 0.25) is 5.91 Å². The van der Waals surface area contributed by atoms with Crippen molar-refractivity contribution in [3.05, 3.63) is 0 Å². The van der Waals surface area contributed by atoms with E-state index in [9.17, 15) is 9.59 Å². The molecule has 1 unspecified atom stereocenters. The monoisotopic (exact) mass is 244 g/mol. The van der Waals surface area contributed by atoms with Crippen LogP contribution < -0.4 is 16.0 Å². The Labute approximate surface area is 103 Å². The molecular formula is C11H24N4O2. The first-order chi connectivity index (χ1) is 7.97. The van der Waals surface area contributed by atoms with E-state index in [1.807, 2.05) is 6.92 Å². The Balaban J connectivity index is 3.49. The average Bonchev–Trinajstić information content (AvgIpc) is 2.30. The second-order valence-electron chi connectivity index (χ2n) is 4.17. The average molecular weight is 244 g/mol. The number of urea groups is 1. The Morgan fingerprint density at radius 1 is 1.18 bits per heavy atom. The van der Waals surface area contributed by atoms with Gasteiger partial charge in [-0.25, -0.2) is 4.79 Å². The van der Waals surface area contributed by atoms with E-state index in [1.165, 1.54) is 4.90 Å². The van der Waals surface area contributed by atoms with E-state index in [4.69, 9.17) is 0 Å². The molecule has 0 rings (SSSR count). The third-order valence-corrected chi connectivity index (χ3v) is 2.35. The van der Waals surface area contributed by atoms with E-state index in [2.05, 4.69) is 22.9 Å².